The van der Waals surface area contributed by atoms with E-state index in [1.165, 1.54) is 5.56 Å². The maximum Gasteiger partial charge on any atom is 0.344 e. The lowest BCUT2D eigenvalue weighted by Crippen LogP contribution is -2.35. The van der Waals surface area contributed by atoms with E-state index in [0.29, 0.717) is 24.6 Å². The van der Waals surface area contributed by atoms with Crippen LogP contribution in [0.15, 0.2) is 48.5 Å². The molecule has 0 radical (unpaired) electrons. The van der Waals surface area contributed by atoms with E-state index in [4.69, 9.17) is 9.47 Å². The van der Waals surface area contributed by atoms with Gasteiger partial charge in [0.25, 0.3) is 0 Å². The first-order valence-corrected chi connectivity index (χ1v) is 9.22. The molecular weight excluding hydrogens is 344 g/mol. The third kappa shape index (κ3) is 5.00. The van der Waals surface area contributed by atoms with Gasteiger partial charge in [-0.1, -0.05) is 18.2 Å². The van der Waals surface area contributed by atoms with E-state index in [0.717, 1.165) is 24.9 Å². The van der Waals surface area contributed by atoms with Crippen LogP contribution >= 0.6 is 0 Å². The second-order valence-corrected chi connectivity index (χ2v) is 6.29. The Balaban J connectivity index is 1.62. The summed E-state index contributed by atoms with van der Waals surface area (Å²) < 4.78 is 10.2. The average Bonchev–Trinajstić information content (AvgIpc) is 2.90. The highest BCUT2D eigenvalue weighted by atomic mass is 16.6. The van der Waals surface area contributed by atoms with E-state index in [1.807, 2.05) is 18.2 Å². The molecular formula is C21H24N2O4. The lowest BCUT2D eigenvalue weighted by molar-refractivity contribution is -0.145. The average molecular weight is 368 g/mol. The van der Waals surface area contributed by atoms with E-state index in [2.05, 4.69) is 11.4 Å². The van der Waals surface area contributed by atoms with Crippen molar-refractivity contribution in [1.29, 1.82) is 0 Å². The standard InChI is InChI=1S/C21H24N2O4/c1-2-26-20(24)15-27-18-12-10-17(11-13-18)22-21(25)23-14-6-5-8-16-7-3-4-9-19(16)23/h3-4,7,9-13H,2,5-6,8,14-15H2,1H3,(H,22,25). The Labute approximate surface area is 159 Å². The quantitative estimate of drug-likeness (QED) is 0.810. The van der Waals surface area contributed by atoms with Crippen molar-refractivity contribution >= 4 is 23.4 Å². The molecule has 0 aromatic heterocycles. The number of nitrogens with one attached hydrogen (secondary N) is 1. The van der Waals surface area contributed by atoms with E-state index in [1.54, 1.807) is 36.1 Å². The molecule has 0 unspecified atom stereocenters. The van der Waals surface area contributed by atoms with Crippen LogP contribution < -0.4 is 15.0 Å². The van der Waals surface area contributed by atoms with Crippen molar-refractivity contribution in [3.63, 3.8) is 0 Å². The first kappa shape index (κ1) is 18.8. The number of hydrogen-bond donors (Lipinski definition) is 1. The van der Waals surface area contributed by atoms with Gasteiger partial charge in [-0.2, -0.15) is 0 Å². The number of carbonyl (C=O) groups excluding carboxylic acids is 2. The number of carbonyl (C=O) groups is 2. The molecule has 0 spiro atoms. The summed E-state index contributed by atoms with van der Waals surface area (Å²) in [5, 5.41) is 2.93. The van der Waals surface area contributed by atoms with Crippen molar-refractivity contribution in [3.8, 4) is 5.75 Å². The van der Waals surface area contributed by atoms with Gasteiger partial charge in [0, 0.05) is 17.9 Å². The fourth-order valence-electron chi connectivity index (χ4n) is 3.07. The lowest BCUT2D eigenvalue weighted by atomic mass is 10.1. The Morgan fingerprint density at radius 2 is 1.85 bits per heavy atom. The number of fused-ring (bicyclic) bond motifs is 1. The monoisotopic (exact) mass is 368 g/mol. The highest BCUT2D eigenvalue weighted by Gasteiger charge is 2.20. The minimum atomic E-state index is -0.408. The van der Waals surface area contributed by atoms with Gasteiger partial charge < -0.3 is 14.8 Å². The molecule has 1 heterocycles. The normalized spacial score (nSPS) is 13.3. The molecule has 0 fully saturated rings. The summed E-state index contributed by atoms with van der Waals surface area (Å²) in [6.07, 6.45) is 3.04. The Morgan fingerprint density at radius 1 is 1.07 bits per heavy atom. The fourth-order valence-corrected chi connectivity index (χ4v) is 3.07. The Kier molecular flexibility index (Phi) is 6.30. The number of hydrogen-bond acceptors (Lipinski definition) is 4. The van der Waals surface area contributed by atoms with Gasteiger partial charge >= 0.3 is 12.0 Å². The number of amides is 2. The number of benzene rings is 2. The molecule has 0 atom stereocenters. The molecule has 6 heteroatoms. The Bertz CT molecular complexity index is 789. The van der Waals surface area contributed by atoms with Crippen molar-refractivity contribution in [3.05, 3.63) is 54.1 Å². The molecule has 1 aliphatic heterocycles. The van der Waals surface area contributed by atoms with E-state index < -0.39 is 5.97 Å². The molecule has 0 bridgehead atoms. The van der Waals surface area contributed by atoms with Crippen molar-refractivity contribution in [2.45, 2.75) is 26.2 Å². The van der Waals surface area contributed by atoms with Crippen LogP contribution in [0.4, 0.5) is 16.2 Å². The maximum absolute atomic E-state index is 12.8. The highest BCUT2D eigenvalue weighted by Crippen LogP contribution is 2.27. The number of esters is 1. The molecule has 6 nitrogen and oxygen atoms in total. The van der Waals surface area contributed by atoms with Gasteiger partial charge in [-0.05, 0) is 62.1 Å². The maximum atomic E-state index is 12.8. The predicted octanol–water partition coefficient (Wildman–Crippen LogP) is 4.00. The molecule has 1 N–H and O–H groups in total. The topological polar surface area (TPSA) is 67.9 Å². The molecule has 27 heavy (non-hydrogen) atoms. The second-order valence-electron chi connectivity index (χ2n) is 6.29. The third-order valence-corrected chi connectivity index (χ3v) is 4.37. The van der Waals surface area contributed by atoms with E-state index in [9.17, 15) is 9.59 Å². The summed E-state index contributed by atoms with van der Waals surface area (Å²) in [7, 11) is 0. The molecule has 0 saturated carbocycles. The molecule has 3 rings (SSSR count). The van der Waals surface area contributed by atoms with Crippen LogP contribution in [0.1, 0.15) is 25.3 Å². The van der Waals surface area contributed by atoms with Gasteiger partial charge in [-0.3, -0.25) is 4.90 Å². The number of urea groups is 1. The summed E-state index contributed by atoms with van der Waals surface area (Å²) in [5.74, 6) is 0.135. The van der Waals surface area contributed by atoms with E-state index in [-0.39, 0.29) is 12.6 Å². The number of rotatable bonds is 5. The van der Waals surface area contributed by atoms with Crippen molar-refractivity contribution in [2.75, 3.05) is 30.0 Å². The zero-order chi connectivity index (χ0) is 19.1. The first-order chi connectivity index (χ1) is 13.2. The highest BCUT2D eigenvalue weighted by molar-refractivity contribution is 6.02. The van der Waals surface area contributed by atoms with Crippen molar-refractivity contribution in [2.24, 2.45) is 0 Å². The van der Waals surface area contributed by atoms with Gasteiger partial charge in [0.2, 0.25) is 0 Å². The van der Waals surface area contributed by atoms with E-state index >= 15 is 0 Å². The van der Waals surface area contributed by atoms with Crippen LogP contribution in [0.2, 0.25) is 0 Å². The lowest BCUT2D eigenvalue weighted by Gasteiger charge is -2.23. The number of para-hydroxylation sites is 1. The molecule has 0 saturated heterocycles. The van der Waals surface area contributed by atoms with Gasteiger partial charge in [0.1, 0.15) is 5.75 Å². The zero-order valence-electron chi connectivity index (χ0n) is 15.4. The zero-order valence-corrected chi connectivity index (χ0v) is 15.4. The smallest absolute Gasteiger partial charge is 0.344 e. The summed E-state index contributed by atoms with van der Waals surface area (Å²) in [6.45, 7) is 2.64. The Hall–Kier alpha value is -3.02. The SMILES string of the molecule is CCOC(=O)COc1ccc(NC(=O)N2CCCCc3ccccc32)cc1. The first-order valence-electron chi connectivity index (χ1n) is 9.22. The predicted molar refractivity (Wildman–Crippen MR) is 104 cm³/mol. The summed E-state index contributed by atoms with van der Waals surface area (Å²) >= 11 is 0. The largest absolute Gasteiger partial charge is 0.482 e. The van der Waals surface area contributed by atoms with Crippen LogP contribution in [-0.2, 0) is 16.0 Å². The van der Waals surface area contributed by atoms with Gasteiger partial charge in [0.05, 0.1) is 6.61 Å². The molecule has 142 valence electrons. The summed E-state index contributed by atoms with van der Waals surface area (Å²) in [5.41, 5.74) is 2.85. The number of aryl methyl sites for hydroxylation is 1. The minimum absolute atomic E-state index is 0.135. The van der Waals surface area contributed by atoms with Gasteiger partial charge in [0.15, 0.2) is 6.61 Å². The van der Waals surface area contributed by atoms with Gasteiger partial charge in [-0.25, -0.2) is 9.59 Å². The van der Waals surface area contributed by atoms with Crippen molar-refractivity contribution < 1.29 is 19.1 Å². The van der Waals surface area contributed by atoms with Crippen LogP contribution in [0.25, 0.3) is 0 Å². The minimum Gasteiger partial charge on any atom is -0.482 e. The third-order valence-electron chi connectivity index (χ3n) is 4.37. The molecule has 1 aliphatic rings. The molecule has 0 aliphatic carbocycles. The fraction of sp³-hybridized carbons (Fsp3) is 0.333. The van der Waals surface area contributed by atoms with Crippen LogP contribution in [-0.4, -0.2) is 31.8 Å². The molecule has 2 aromatic carbocycles. The van der Waals surface area contributed by atoms with Crippen LogP contribution in [0, 0.1) is 0 Å². The van der Waals surface area contributed by atoms with Crippen LogP contribution in [0.5, 0.6) is 5.75 Å². The number of ether oxygens (including phenoxy) is 2. The number of nitrogens with zero attached hydrogens (tertiary/aromatic N) is 1. The summed E-state index contributed by atoms with van der Waals surface area (Å²) in [6, 6.07) is 14.8. The van der Waals surface area contributed by atoms with Crippen molar-refractivity contribution in [1.82, 2.24) is 0 Å². The Morgan fingerprint density at radius 3 is 2.63 bits per heavy atom. The molecule has 2 aromatic rings. The summed E-state index contributed by atoms with van der Waals surface area (Å²) in [4.78, 5) is 25.9. The second kappa shape index (κ2) is 9.07. The van der Waals surface area contributed by atoms with Crippen LogP contribution in [0.3, 0.4) is 0 Å². The molecule has 2 amide bonds. The number of anilines is 2. The van der Waals surface area contributed by atoms with Gasteiger partial charge in [-0.15, -0.1) is 0 Å².